The number of piperidine rings is 1. The van der Waals surface area contributed by atoms with Gasteiger partial charge in [0, 0.05) is 82.6 Å². The molecule has 1 N–H and O–H groups in total. The number of hydrogen-bond acceptors (Lipinski definition) is 9. The van der Waals surface area contributed by atoms with Crippen LogP contribution in [-0.2, 0) is 4.79 Å². The van der Waals surface area contributed by atoms with E-state index in [1.54, 1.807) is 12.0 Å². The molecule has 3 aliphatic heterocycles. The minimum Gasteiger partial charge on any atom is -0.494 e. The van der Waals surface area contributed by atoms with Gasteiger partial charge >= 0.3 is 0 Å². The van der Waals surface area contributed by atoms with Crippen LogP contribution >= 0.6 is 0 Å². The summed E-state index contributed by atoms with van der Waals surface area (Å²) < 4.78 is 5.87. The minimum absolute atomic E-state index is 0.134. The van der Waals surface area contributed by atoms with Gasteiger partial charge in [-0.15, -0.1) is 0 Å². The summed E-state index contributed by atoms with van der Waals surface area (Å²) in [6.07, 6.45) is 11.5. The van der Waals surface area contributed by atoms with Crippen molar-refractivity contribution in [3.63, 3.8) is 0 Å². The van der Waals surface area contributed by atoms with Crippen molar-refractivity contribution in [2.45, 2.75) is 82.8 Å². The number of aromatic nitrogens is 2. The molecule has 0 unspecified atom stereocenters. The number of hydrogen-bond donors (Lipinski definition) is 1. The van der Waals surface area contributed by atoms with E-state index >= 15 is 0 Å². The molecule has 2 aromatic rings. The van der Waals surface area contributed by atoms with E-state index in [0.717, 1.165) is 61.7 Å². The summed E-state index contributed by atoms with van der Waals surface area (Å²) in [4.78, 5) is 34.7. The molecule has 1 atom stereocenters. The zero-order valence-electron chi connectivity index (χ0n) is 26.6. The number of methoxy groups -OCH3 is 1. The third-order valence-corrected chi connectivity index (χ3v) is 10.2. The first-order valence-corrected chi connectivity index (χ1v) is 16.5. The minimum atomic E-state index is 0.134. The molecule has 1 aliphatic carbocycles. The van der Waals surface area contributed by atoms with E-state index in [2.05, 4.69) is 62.1 Å². The van der Waals surface area contributed by atoms with Gasteiger partial charge in [0.25, 0.3) is 0 Å². The van der Waals surface area contributed by atoms with Crippen LogP contribution in [-0.4, -0.2) is 104 Å². The van der Waals surface area contributed by atoms with Crippen molar-refractivity contribution >= 4 is 34.7 Å². The van der Waals surface area contributed by atoms with E-state index in [9.17, 15) is 4.79 Å². The fourth-order valence-electron chi connectivity index (χ4n) is 7.60. The van der Waals surface area contributed by atoms with Crippen LogP contribution in [0.5, 0.6) is 5.75 Å². The summed E-state index contributed by atoms with van der Waals surface area (Å²) >= 11 is 0. The molecule has 234 valence electrons. The van der Waals surface area contributed by atoms with Gasteiger partial charge in [-0.1, -0.05) is 26.2 Å². The Morgan fingerprint density at radius 2 is 1.72 bits per heavy atom. The van der Waals surface area contributed by atoms with E-state index < -0.39 is 0 Å². The summed E-state index contributed by atoms with van der Waals surface area (Å²) in [5, 5.41) is 3.46. The maximum atomic E-state index is 13.2. The summed E-state index contributed by atoms with van der Waals surface area (Å²) in [6, 6.07) is 7.65. The van der Waals surface area contributed by atoms with E-state index in [-0.39, 0.29) is 11.9 Å². The molecule has 1 saturated carbocycles. The molecule has 10 heteroatoms. The van der Waals surface area contributed by atoms with Gasteiger partial charge in [-0.25, -0.2) is 4.98 Å². The monoisotopic (exact) mass is 590 g/mol. The smallest absolute Gasteiger partial charge is 0.229 e. The molecule has 1 amide bonds. The van der Waals surface area contributed by atoms with E-state index in [1.807, 2.05) is 13.2 Å². The Bertz CT molecular complexity index is 1250. The first-order chi connectivity index (χ1) is 20.9. The Morgan fingerprint density at radius 3 is 2.42 bits per heavy atom. The van der Waals surface area contributed by atoms with Gasteiger partial charge in [0.2, 0.25) is 11.9 Å². The third-order valence-electron chi connectivity index (χ3n) is 10.2. The molecule has 0 bridgehead atoms. The van der Waals surface area contributed by atoms with Crippen LogP contribution in [0, 0.1) is 0 Å². The van der Waals surface area contributed by atoms with Gasteiger partial charge in [0.05, 0.1) is 19.0 Å². The number of piperazine rings is 1. The molecule has 0 spiro atoms. The number of carbonyl (C=O) groups is 1. The first kappa shape index (κ1) is 29.9. The van der Waals surface area contributed by atoms with E-state index in [1.165, 1.54) is 57.5 Å². The number of benzene rings is 1. The van der Waals surface area contributed by atoms with Crippen LogP contribution in [0.4, 0.5) is 28.8 Å². The van der Waals surface area contributed by atoms with Crippen LogP contribution in [0.15, 0.2) is 24.4 Å². The summed E-state index contributed by atoms with van der Waals surface area (Å²) in [5.41, 5.74) is 2.83. The second kappa shape index (κ2) is 13.3. The Morgan fingerprint density at radius 1 is 0.977 bits per heavy atom. The predicted molar refractivity (Wildman–Crippen MR) is 174 cm³/mol. The van der Waals surface area contributed by atoms with E-state index in [0.29, 0.717) is 24.5 Å². The van der Waals surface area contributed by atoms with Crippen LogP contribution in [0.25, 0.3) is 0 Å². The molecule has 1 aromatic carbocycles. The topological polar surface area (TPSA) is 80.3 Å². The molecular weight excluding hydrogens is 540 g/mol. The maximum absolute atomic E-state index is 13.2. The van der Waals surface area contributed by atoms with Gasteiger partial charge in [0.1, 0.15) is 11.4 Å². The highest BCUT2D eigenvalue weighted by molar-refractivity contribution is 5.97. The second-order valence-corrected chi connectivity index (χ2v) is 12.9. The van der Waals surface area contributed by atoms with Gasteiger partial charge in [-0.2, -0.15) is 4.98 Å². The quantitative estimate of drug-likeness (QED) is 0.469. The molecule has 10 nitrogen and oxygen atoms in total. The number of nitrogens with one attached hydrogen (secondary N) is 1. The molecule has 6 rings (SSSR count). The number of amides is 1. The normalized spacial score (nSPS) is 23.0. The lowest BCUT2D eigenvalue weighted by Gasteiger charge is -2.42. The average Bonchev–Trinajstić information content (AvgIpc) is 3.53. The number of fused-ring (bicyclic) bond motifs is 1. The largest absolute Gasteiger partial charge is 0.494 e. The molecule has 4 heterocycles. The van der Waals surface area contributed by atoms with Gasteiger partial charge < -0.3 is 29.7 Å². The van der Waals surface area contributed by atoms with Crippen molar-refractivity contribution in [2.75, 3.05) is 80.5 Å². The second-order valence-electron chi connectivity index (χ2n) is 12.9. The fourth-order valence-corrected chi connectivity index (χ4v) is 7.60. The average molecular weight is 591 g/mol. The summed E-state index contributed by atoms with van der Waals surface area (Å²) in [5.74, 6) is 2.31. The fraction of sp³-hybridized carbons (Fsp3) is 0.667. The maximum Gasteiger partial charge on any atom is 0.229 e. The summed E-state index contributed by atoms with van der Waals surface area (Å²) in [6.45, 7) is 9.03. The van der Waals surface area contributed by atoms with Crippen molar-refractivity contribution in [2.24, 2.45) is 0 Å². The standard InChI is InChI=1S/C33H50N8O2/c1-5-8-27-22-31(42)38(3)29-23-34-33(36-32(29)41(27)25-9-6-7-10-25)35-28-12-11-26(21-30(28)43-4)39-15-13-24(14-16-39)40-19-17-37(2)18-20-40/h11-12,21,23-25,27H,5-10,13-20,22H2,1-4H3,(H,34,35,36)/t27-/m1/s1. The lowest BCUT2D eigenvalue weighted by Crippen LogP contribution is -2.52. The number of likely N-dealkylation sites (N-methyl/N-ethyl adjacent to an activating group) is 1. The molecule has 3 fully saturated rings. The molecular formula is C33H50N8O2. The predicted octanol–water partition coefficient (Wildman–Crippen LogP) is 4.73. The zero-order chi connectivity index (χ0) is 29.9. The number of anilines is 5. The number of ether oxygens (including phenoxy) is 1. The Kier molecular flexibility index (Phi) is 9.23. The van der Waals surface area contributed by atoms with Crippen molar-refractivity contribution in [3.8, 4) is 5.75 Å². The van der Waals surface area contributed by atoms with Crippen LogP contribution < -0.4 is 24.8 Å². The lowest BCUT2D eigenvalue weighted by atomic mass is 10.0. The zero-order valence-corrected chi connectivity index (χ0v) is 26.6. The van der Waals surface area contributed by atoms with Gasteiger partial charge in [-0.3, -0.25) is 9.69 Å². The van der Waals surface area contributed by atoms with Crippen LogP contribution in [0.2, 0.25) is 0 Å². The molecule has 1 aromatic heterocycles. The van der Waals surface area contributed by atoms with Crippen molar-refractivity contribution in [1.82, 2.24) is 19.8 Å². The Balaban J connectivity index is 1.20. The van der Waals surface area contributed by atoms with E-state index in [4.69, 9.17) is 9.72 Å². The van der Waals surface area contributed by atoms with Crippen molar-refractivity contribution < 1.29 is 9.53 Å². The van der Waals surface area contributed by atoms with Crippen LogP contribution in [0.1, 0.15) is 64.7 Å². The molecule has 4 aliphatic rings. The highest BCUT2D eigenvalue weighted by Gasteiger charge is 2.37. The lowest BCUT2D eigenvalue weighted by molar-refractivity contribution is -0.118. The molecule has 43 heavy (non-hydrogen) atoms. The SMILES string of the molecule is CCC[C@@H]1CC(=O)N(C)c2cnc(Nc3ccc(N4CCC(N5CCN(C)CC5)CC4)cc3OC)nc2N1C1CCCC1. The first-order valence-electron chi connectivity index (χ1n) is 16.5. The number of nitrogens with zero attached hydrogens (tertiary/aromatic N) is 7. The Hall–Kier alpha value is -3.11. The van der Waals surface area contributed by atoms with Crippen molar-refractivity contribution in [1.29, 1.82) is 0 Å². The highest BCUT2D eigenvalue weighted by Crippen LogP contribution is 2.40. The van der Waals surface area contributed by atoms with Crippen molar-refractivity contribution in [3.05, 3.63) is 24.4 Å². The molecule has 0 radical (unpaired) electrons. The Labute approximate surface area is 257 Å². The summed E-state index contributed by atoms with van der Waals surface area (Å²) in [7, 11) is 5.80. The highest BCUT2D eigenvalue weighted by atomic mass is 16.5. The molecule has 2 saturated heterocycles. The van der Waals surface area contributed by atoms with Gasteiger partial charge in [0.15, 0.2) is 5.82 Å². The van der Waals surface area contributed by atoms with Crippen LogP contribution in [0.3, 0.4) is 0 Å². The number of rotatable bonds is 8. The number of carbonyl (C=O) groups excluding carboxylic acids is 1. The van der Waals surface area contributed by atoms with Gasteiger partial charge in [-0.05, 0) is 51.3 Å². The third kappa shape index (κ3) is 6.41.